The largest absolute Gasteiger partial charge is 0.453 e. The quantitative estimate of drug-likeness (QED) is 0.106. The van der Waals surface area contributed by atoms with Gasteiger partial charge >= 0.3 is 11.7 Å². The molecule has 3 rings (SSSR count). The summed E-state index contributed by atoms with van der Waals surface area (Å²) in [5.41, 5.74) is 7.62. The molecule has 30 heavy (non-hydrogen) atoms. The first kappa shape index (κ1) is 22.0. The van der Waals surface area contributed by atoms with Crippen molar-refractivity contribution in [1.29, 1.82) is 0 Å². The molecule has 2 aromatic rings. The zero-order valence-electron chi connectivity index (χ0n) is 15.6. The van der Waals surface area contributed by atoms with Crippen molar-refractivity contribution in [2.24, 2.45) is 5.11 Å². The van der Waals surface area contributed by atoms with Gasteiger partial charge in [0.15, 0.2) is 6.10 Å². The van der Waals surface area contributed by atoms with E-state index in [4.69, 9.17) is 19.7 Å². The van der Waals surface area contributed by atoms with E-state index >= 15 is 0 Å². The Morgan fingerprint density at radius 2 is 2.13 bits per heavy atom. The molecule has 0 unspecified atom stereocenters. The van der Waals surface area contributed by atoms with E-state index in [-0.39, 0.29) is 24.0 Å². The number of H-pyrrole nitrogens is 1. The predicted molar refractivity (Wildman–Crippen MR) is 113 cm³/mol. The van der Waals surface area contributed by atoms with E-state index in [1.54, 1.807) is 30.3 Å². The van der Waals surface area contributed by atoms with Crippen molar-refractivity contribution in [2.75, 3.05) is 17.6 Å². The van der Waals surface area contributed by atoms with Crippen LogP contribution >= 0.6 is 22.6 Å². The van der Waals surface area contributed by atoms with Gasteiger partial charge in [0.1, 0.15) is 6.23 Å². The van der Waals surface area contributed by atoms with Gasteiger partial charge in [0.2, 0.25) is 5.79 Å². The predicted octanol–water partition coefficient (Wildman–Crippen LogP) is 2.14. The Bertz CT molecular complexity index is 1050. The highest BCUT2D eigenvalue weighted by atomic mass is 127. The fourth-order valence-electron chi connectivity index (χ4n) is 3.04. The summed E-state index contributed by atoms with van der Waals surface area (Å²) in [7, 11) is 0. The number of alkyl halides is 1. The lowest BCUT2D eigenvalue weighted by atomic mass is 10.1. The Kier molecular flexibility index (Phi) is 7.26. The van der Waals surface area contributed by atoms with Gasteiger partial charge in [0.25, 0.3) is 5.56 Å². The molecule has 11 nitrogen and oxygen atoms in total. The topological polar surface area (TPSA) is 148 Å². The first-order valence-electron chi connectivity index (χ1n) is 8.95. The monoisotopic (exact) mass is 527 g/mol. The molecule has 2 heterocycles. The van der Waals surface area contributed by atoms with Gasteiger partial charge in [0.05, 0.1) is 16.6 Å². The van der Waals surface area contributed by atoms with Crippen LogP contribution in [0.4, 0.5) is 0 Å². The van der Waals surface area contributed by atoms with Crippen molar-refractivity contribution < 1.29 is 19.0 Å². The summed E-state index contributed by atoms with van der Waals surface area (Å²) in [6, 6.07) is 9.65. The molecule has 0 spiro atoms. The minimum absolute atomic E-state index is 0.0275. The van der Waals surface area contributed by atoms with Crippen LogP contribution < -0.4 is 11.2 Å². The molecule has 0 bridgehead atoms. The summed E-state index contributed by atoms with van der Waals surface area (Å²) in [5.74, 6) is -1.93. The van der Waals surface area contributed by atoms with E-state index < -0.39 is 35.3 Å². The number of nitrogens with zero attached hydrogens (tertiary/aromatic N) is 4. The van der Waals surface area contributed by atoms with E-state index in [0.29, 0.717) is 5.56 Å². The Labute approximate surface area is 183 Å². The van der Waals surface area contributed by atoms with Crippen molar-refractivity contribution in [3.63, 3.8) is 0 Å². The van der Waals surface area contributed by atoms with Crippen molar-refractivity contribution in [3.05, 3.63) is 79.4 Å². The molecule has 1 saturated heterocycles. The normalized spacial score (nSPS) is 23.0. The number of aromatic amines is 1. The molecule has 12 heteroatoms. The van der Waals surface area contributed by atoms with Crippen LogP contribution in [-0.4, -0.2) is 45.0 Å². The fraction of sp³-hybridized carbons (Fsp3) is 0.389. The molecule has 0 radical (unpaired) electrons. The Morgan fingerprint density at radius 3 is 2.80 bits per heavy atom. The van der Waals surface area contributed by atoms with Crippen molar-refractivity contribution in [3.8, 4) is 0 Å². The second-order valence-electron chi connectivity index (χ2n) is 6.33. The minimum atomic E-state index is -1.36. The number of carbonyl (C=O) groups excluding carboxylic acids is 1. The molecule has 0 aliphatic carbocycles. The molecule has 1 N–H and O–H groups in total. The van der Waals surface area contributed by atoms with E-state index in [2.05, 4.69) is 15.0 Å². The van der Waals surface area contributed by atoms with E-state index in [1.165, 1.54) is 16.8 Å². The van der Waals surface area contributed by atoms with E-state index in [9.17, 15) is 14.4 Å². The number of nitrogens with one attached hydrogen (secondary N) is 1. The number of hydrogen-bond acceptors (Lipinski definition) is 7. The third-order valence-electron chi connectivity index (χ3n) is 4.45. The van der Waals surface area contributed by atoms with E-state index in [0.717, 1.165) is 0 Å². The maximum atomic E-state index is 12.6. The summed E-state index contributed by atoms with van der Waals surface area (Å²) >= 11 is 2.03. The molecule has 1 aromatic heterocycles. The second kappa shape index (κ2) is 9.89. The van der Waals surface area contributed by atoms with Gasteiger partial charge in [-0.25, -0.2) is 9.59 Å². The molecule has 1 aliphatic heterocycles. The number of halogens is 1. The van der Waals surface area contributed by atoms with Crippen LogP contribution in [-0.2, 0) is 14.2 Å². The lowest BCUT2D eigenvalue weighted by molar-refractivity contribution is -0.248. The van der Waals surface area contributed by atoms with Crippen LogP contribution in [0.1, 0.15) is 23.0 Å². The lowest BCUT2D eigenvalue weighted by Crippen LogP contribution is -2.47. The average molecular weight is 527 g/mol. The Morgan fingerprint density at radius 1 is 1.37 bits per heavy atom. The Hall–Kier alpha value is -2.67. The maximum absolute atomic E-state index is 12.6. The van der Waals surface area contributed by atoms with Crippen molar-refractivity contribution in [1.82, 2.24) is 9.55 Å². The standard InChI is InChI=1S/C18H18IN5O6/c19-11-18(28-9-7-21-23-20)13(29-16(26)12-4-2-1-3-5-12)10-15(30-18)24-8-6-14(25)22-17(24)27/h1-6,8,13,15H,7,9-11H2,(H,22,25,27)/t13-,15+,18+/m0/s1. The highest BCUT2D eigenvalue weighted by molar-refractivity contribution is 14.1. The molecule has 0 amide bonds. The van der Waals surface area contributed by atoms with Gasteiger partial charge in [-0.2, -0.15) is 0 Å². The molecular formula is C18H18IN5O6. The van der Waals surface area contributed by atoms with Crippen LogP contribution in [0.25, 0.3) is 10.4 Å². The molecule has 0 saturated carbocycles. The van der Waals surface area contributed by atoms with Gasteiger partial charge in [0, 0.05) is 30.1 Å². The SMILES string of the molecule is [N-]=[N+]=NCCO[C@]1(CI)O[C@@H](n2ccc(=O)[nH]c2=O)C[C@@H]1OC(=O)c1ccccc1. The van der Waals surface area contributed by atoms with Gasteiger partial charge in [-0.3, -0.25) is 14.3 Å². The van der Waals surface area contributed by atoms with Crippen LogP contribution in [0, 0.1) is 0 Å². The molecule has 1 fully saturated rings. The third kappa shape index (κ3) is 4.90. The molecule has 1 aliphatic rings. The van der Waals surface area contributed by atoms with Crippen LogP contribution in [0.15, 0.2) is 57.3 Å². The highest BCUT2D eigenvalue weighted by Crippen LogP contribution is 2.40. The highest BCUT2D eigenvalue weighted by Gasteiger charge is 2.52. The van der Waals surface area contributed by atoms with Crippen molar-refractivity contribution >= 4 is 28.6 Å². The number of rotatable bonds is 8. The Balaban J connectivity index is 1.88. The summed E-state index contributed by atoms with van der Waals surface area (Å²) in [4.78, 5) is 41.0. The van der Waals surface area contributed by atoms with Crippen LogP contribution in [0.5, 0.6) is 0 Å². The lowest BCUT2D eigenvalue weighted by Gasteiger charge is -2.32. The van der Waals surface area contributed by atoms with Crippen LogP contribution in [0.2, 0.25) is 0 Å². The van der Waals surface area contributed by atoms with Crippen LogP contribution in [0.3, 0.4) is 0 Å². The average Bonchev–Trinajstić information content (AvgIpc) is 3.10. The fourth-order valence-corrected chi connectivity index (χ4v) is 3.93. The first-order valence-corrected chi connectivity index (χ1v) is 10.5. The van der Waals surface area contributed by atoms with E-state index in [1.807, 2.05) is 22.6 Å². The van der Waals surface area contributed by atoms with Gasteiger partial charge in [-0.15, -0.1) is 0 Å². The first-order chi connectivity index (χ1) is 14.5. The van der Waals surface area contributed by atoms with Gasteiger partial charge < -0.3 is 14.2 Å². The van der Waals surface area contributed by atoms with Gasteiger partial charge in [-0.05, 0) is 17.7 Å². The number of aromatic nitrogens is 2. The zero-order valence-corrected chi connectivity index (χ0v) is 17.8. The second-order valence-corrected chi connectivity index (χ2v) is 7.10. The number of benzene rings is 1. The third-order valence-corrected chi connectivity index (χ3v) is 5.51. The maximum Gasteiger partial charge on any atom is 0.338 e. The molecule has 3 atom stereocenters. The number of hydrogen-bond donors (Lipinski definition) is 1. The molecule has 1 aromatic carbocycles. The molecule has 158 valence electrons. The molecular weight excluding hydrogens is 509 g/mol. The van der Waals surface area contributed by atoms with Gasteiger partial charge in [-0.1, -0.05) is 45.9 Å². The number of ether oxygens (including phenoxy) is 3. The summed E-state index contributed by atoms with van der Waals surface area (Å²) in [6.45, 7) is 0.0839. The summed E-state index contributed by atoms with van der Waals surface area (Å²) < 4.78 is 19.0. The zero-order chi connectivity index (χ0) is 21.6. The summed E-state index contributed by atoms with van der Waals surface area (Å²) in [5, 5.41) is 3.43. The number of carbonyl (C=O) groups is 1. The summed E-state index contributed by atoms with van der Waals surface area (Å²) in [6.07, 6.45) is -0.255. The minimum Gasteiger partial charge on any atom is -0.453 e. The number of azide groups is 1. The van der Waals surface area contributed by atoms with Crippen molar-refractivity contribution in [2.45, 2.75) is 24.5 Å². The number of esters is 1. The smallest absolute Gasteiger partial charge is 0.338 e.